The minimum absolute atomic E-state index is 0.686. The third-order valence-electron chi connectivity index (χ3n) is 1.73. The first-order chi connectivity index (χ1) is 6.75. The molecule has 0 radical (unpaired) electrons. The number of nitrogens with one attached hydrogen (secondary N) is 1. The van der Waals surface area contributed by atoms with Crippen molar-refractivity contribution in [2.45, 2.75) is 4.90 Å². The fourth-order valence-electron chi connectivity index (χ4n) is 1.07. The van der Waals surface area contributed by atoms with E-state index in [2.05, 4.69) is 22.9 Å². The van der Waals surface area contributed by atoms with Gasteiger partial charge in [-0.15, -0.1) is 24.0 Å². The molecule has 0 amide bonds. The summed E-state index contributed by atoms with van der Waals surface area (Å²) in [6.45, 7) is 0. The van der Waals surface area contributed by atoms with Crippen molar-refractivity contribution in [2.24, 2.45) is 0 Å². The number of hydrogen-bond acceptors (Lipinski definition) is 5. The quantitative estimate of drug-likeness (QED) is 0.542. The third kappa shape index (κ3) is 2.00. The first-order valence-electron chi connectivity index (χ1n) is 4.00. The van der Waals surface area contributed by atoms with E-state index in [9.17, 15) is 0 Å². The summed E-state index contributed by atoms with van der Waals surface area (Å²) in [6.07, 6.45) is 1.76. The van der Waals surface area contributed by atoms with Crippen LogP contribution >= 0.6 is 24.0 Å². The summed E-state index contributed by atoms with van der Waals surface area (Å²) in [5, 5.41) is 4.15. The van der Waals surface area contributed by atoms with E-state index < -0.39 is 0 Å². The van der Waals surface area contributed by atoms with E-state index in [-0.39, 0.29) is 0 Å². The second-order valence-corrected chi connectivity index (χ2v) is 4.16. The number of benzene rings is 1. The molecule has 1 aromatic heterocycles. The summed E-state index contributed by atoms with van der Waals surface area (Å²) in [6, 6.07) is 5.60. The van der Waals surface area contributed by atoms with E-state index in [0.29, 0.717) is 5.69 Å². The van der Waals surface area contributed by atoms with Gasteiger partial charge >= 0.3 is 0 Å². The molecule has 72 valence electrons. The van der Waals surface area contributed by atoms with Crippen LogP contribution in [0.4, 0.5) is 16.4 Å². The average molecular weight is 223 g/mol. The van der Waals surface area contributed by atoms with Crippen molar-refractivity contribution in [2.75, 3.05) is 11.1 Å². The molecule has 0 spiro atoms. The molecular formula is C9H9N3S2. The number of anilines is 3. The molecule has 1 aromatic carbocycles. The minimum Gasteiger partial charge on any atom is -0.397 e. The van der Waals surface area contributed by atoms with Gasteiger partial charge < -0.3 is 11.1 Å². The lowest BCUT2D eigenvalue weighted by Crippen LogP contribution is -1.94. The number of thiazole rings is 1. The highest BCUT2D eigenvalue weighted by Gasteiger charge is 2.00. The Hall–Kier alpha value is -1.20. The zero-order valence-corrected chi connectivity index (χ0v) is 8.98. The number of nitrogen functional groups attached to an aromatic ring is 1. The average Bonchev–Trinajstić information content (AvgIpc) is 2.62. The molecule has 0 saturated heterocycles. The maximum atomic E-state index is 5.81. The maximum absolute atomic E-state index is 5.81. The first kappa shape index (κ1) is 9.36. The van der Waals surface area contributed by atoms with Crippen molar-refractivity contribution in [1.82, 2.24) is 4.98 Å². The van der Waals surface area contributed by atoms with Gasteiger partial charge in [-0.25, -0.2) is 0 Å². The van der Waals surface area contributed by atoms with Gasteiger partial charge in [0.1, 0.15) is 5.00 Å². The second kappa shape index (κ2) is 3.89. The molecule has 3 N–H and O–H groups in total. The van der Waals surface area contributed by atoms with Crippen LogP contribution in [-0.4, -0.2) is 4.98 Å². The molecule has 14 heavy (non-hydrogen) atoms. The zero-order valence-electron chi connectivity index (χ0n) is 7.27. The summed E-state index contributed by atoms with van der Waals surface area (Å²) in [5.41, 5.74) is 9.15. The molecular weight excluding hydrogens is 214 g/mol. The fraction of sp³-hybridized carbons (Fsp3) is 0. The Bertz CT molecular complexity index is 426. The Morgan fingerprint density at radius 3 is 2.93 bits per heavy atom. The molecule has 2 aromatic rings. The van der Waals surface area contributed by atoms with Gasteiger partial charge in [0.25, 0.3) is 0 Å². The maximum Gasteiger partial charge on any atom is 0.113 e. The molecule has 0 aliphatic heterocycles. The van der Waals surface area contributed by atoms with Crippen molar-refractivity contribution in [3.05, 3.63) is 29.9 Å². The van der Waals surface area contributed by atoms with Gasteiger partial charge in [0.2, 0.25) is 0 Å². The highest BCUT2D eigenvalue weighted by Crippen LogP contribution is 2.26. The van der Waals surface area contributed by atoms with Crippen LogP contribution in [0.3, 0.4) is 0 Å². The highest BCUT2D eigenvalue weighted by molar-refractivity contribution is 7.80. The molecule has 0 bridgehead atoms. The molecule has 0 saturated carbocycles. The van der Waals surface area contributed by atoms with Crippen LogP contribution in [-0.2, 0) is 0 Å². The smallest absolute Gasteiger partial charge is 0.113 e. The molecule has 5 heteroatoms. The van der Waals surface area contributed by atoms with Crippen LogP contribution < -0.4 is 11.1 Å². The number of rotatable bonds is 2. The minimum atomic E-state index is 0.686. The lowest BCUT2D eigenvalue weighted by molar-refractivity contribution is 1.41. The normalized spacial score (nSPS) is 10.1. The van der Waals surface area contributed by atoms with Gasteiger partial charge in [0.15, 0.2) is 0 Å². The molecule has 2 rings (SSSR count). The summed E-state index contributed by atoms with van der Waals surface area (Å²) in [7, 11) is 0. The molecule has 1 heterocycles. The Balaban J connectivity index is 2.25. The number of hydrogen-bond donors (Lipinski definition) is 3. The Morgan fingerprint density at radius 1 is 1.43 bits per heavy atom. The van der Waals surface area contributed by atoms with Gasteiger partial charge in [-0.1, -0.05) is 0 Å². The number of nitrogens with two attached hydrogens (primary N) is 1. The van der Waals surface area contributed by atoms with Gasteiger partial charge in [-0.2, -0.15) is 0 Å². The zero-order chi connectivity index (χ0) is 9.97. The van der Waals surface area contributed by atoms with Crippen molar-refractivity contribution in [1.29, 1.82) is 0 Å². The topological polar surface area (TPSA) is 50.9 Å². The fourth-order valence-corrected chi connectivity index (χ4v) is 1.81. The number of thiol groups is 1. The van der Waals surface area contributed by atoms with E-state index in [1.54, 1.807) is 11.7 Å². The first-order valence-corrected chi connectivity index (χ1v) is 5.32. The predicted molar refractivity (Wildman–Crippen MR) is 63.5 cm³/mol. The van der Waals surface area contributed by atoms with Crippen molar-refractivity contribution in [3.63, 3.8) is 0 Å². The van der Waals surface area contributed by atoms with E-state index in [1.165, 1.54) is 11.3 Å². The van der Waals surface area contributed by atoms with Crippen LogP contribution in [0.25, 0.3) is 0 Å². The monoisotopic (exact) mass is 223 g/mol. The van der Waals surface area contributed by atoms with Crippen molar-refractivity contribution < 1.29 is 0 Å². The molecule has 0 aliphatic rings. The van der Waals surface area contributed by atoms with Crippen molar-refractivity contribution >= 4 is 40.3 Å². The standard InChI is InChI=1S/C9H9N3S2/c10-7-3-6(13)1-2-8(7)12-9-4-11-5-14-9/h1-5,12-13H,10H2. The Morgan fingerprint density at radius 2 is 2.29 bits per heavy atom. The van der Waals surface area contributed by atoms with Crippen LogP contribution in [0.5, 0.6) is 0 Å². The Kier molecular flexibility index (Phi) is 2.60. The van der Waals surface area contributed by atoms with Gasteiger partial charge in [-0.3, -0.25) is 4.98 Å². The second-order valence-electron chi connectivity index (χ2n) is 2.76. The van der Waals surface area contributed by atoms with Gasteiger partial charge in [-0.05, 0) is 18.2 Å². The van der Waals surface area contributed by atoms with E-state index in [0.717, 1.165) is 15.6 Å². The molecule has 0 unspecified atom stereocenters. The molecule has 0 fully saturated rings. The SMILES string of the molecule is Nc1cc(S)ccc1Nc1cncs1. The largest absolute Gasteiger partial charge is 0.397 e. The number of aromatic nitrogens is 1. The van der Waals surface area contributed by atoms with Crippen LogP contribution in [0, 0.1) is 0 Å². The van der Waals surface area contributed by atoms with Crippen LogP contribution in [0.15, 0.2) is 34.8 Å². The van der Waals surface area contributed by atoms with Crippen LogP contribution in [0.2, 0.25) is 0 Å². The predicted octanol–water partition coefficient (Wildman–Crippen LogP) is 2.76. The third-order valence-corrected chi connectivity index (χ3v) is 2.69. The van der Waals surface area contributed by atoms with Crippen LogP contribution in [0.1, 0.15) is 0 Å². The summed E-state index contributed by atoms with van der Waals surface area (Å²) in [4.78, 5) is 4.82. The molecule has 0 atom stereocenters. The Labute approximate surface area is 91.4 Å². The van der Waals surface area contributed by atoms with E-state index in [1.807, 2.05) is 18.2 Å². The summed E-state index contributed by atoms with van der Waals surface area (Å²) >= 11 is 5.73. The summed E-state index contributed by atoms with van der Waals surface area (Å²) < 4.78 is 0. The number of nitrogens with zero attached hydrogens (tertiary/aromatic N) is 1. The lowest BCUT2D eigenvalue weighted by Gasteiger charge is -2.06. The molecule has 0 aliphatic carbocycles. The van der Waals surface area contributed by atoms with E-state index in [4.69, 9.17) is 5.73 Å². The van der Waals surface area contributed by atoms with Gasteiger partial charge in [0, 0.05) is 4.90 Å². The molecule has 3 nitrogen and oxygen atoms in total. The van der Waals surface area contributed by atoms with E-state index >= 15 is 0 Å². The van der Waals surface area contributed by atoms with Crippen molar-refractivity contribution in [3.8, 4) is 0 Å². The highest BCUT2D eigenvalue weighted by atomic mass is 32.1. The lowest BCUT2D eigenvalue weighted by atomic mass is 10.3. The van der Waals surface area contributed by atoms with Gasteiger partial charge in [0.05, 0.1) is 23.1 Å². The summed E-state index contributed by atoms with van der Waals surface area (Å²) in [5.74, 6) is 0.